The van der Waals surface area contributed by atoms with Crippen molar-refractivity contribution in [2.45, 2.75) is 174 Å². The number of nitrogens with two attached hydrogens (primary N) is 1. The molecule has 9 aliphatic rings. The topological polar surface area (TPSA) is 380 Å². The minimum Gasteiger partial charge on any atom is -0.496 e. The molecule has 3 spiro atoms. The molecule has 3 aromatic carbocycles. The molecule has 30 nitrogen and oxygen atoms in total. The van der Waals surface area contributed by atoms with Crippen molar-refractivity contribution < 1.29 is 104 Å². The number of primary amides is 1. The first-order chi connectivity index (χ1) is 61.4. The van der Waals surface area contributed by atoms with E-state index in [-0.39, 0.29) is 130 Å². The summed E-state index contributed by atoms with van der Waals surface area (Å²) in [4.78, 5) is 155. The van der Waals surface area contributed by atoms with Gasteiger partial charge in [0.25, 0.3) is 0 Å². The molecule has 9 aromatic rings. The van der Waals surface area contributed by atoms with Gasteiger partial charge in [0.05, 0.1) is 115 Å². The molecule has 670 valence electrons. The molecule has 5 aliphatic heterocycles. The van der Waals surface area contributed by atoms with Gasteiger partial charge in [0.2, 0.25) is 47.2 Å². The lowest BCUT2D eigenvalue weighted by molar-refractivity contribution is -0.160. The number of carbonyl (C=O) groups is 10. The molecule has 6 aromatic heterocycles. The van der Waals surface area contributed by atoms with E-state index in [9.17, 15) is 47.9 Å². The van der Waals surface area contributed by atoms with Crippen LogP contribution in [-0.4, -0.2) is 172 Å². The highest BCUT2D eigenvalue weighted by Gasteiger charge is 2.66. The summed E-state index contributed by atoms with van der Waals surface area (Å²) < 4.78 is 70.2. The number of aromatic nitrogens is 3. The Hall–Kier alpha value is -10.9. The van der Waals surface area contributed by atoms with Crippen molar-refractivity contribution >= 4 is 108 Å². The number of amides is 5. The van der Waals surface area contributed by atoms with E-state index >= 15 is 0 Å². The van der Waals surface area contributed by atoms with Crippen molar-refractivity contribution in [2.24, 2.45) is 39.7 Å². The molecular formula is C94H104N8O22S3. The largest absolute Gasteiger partial charge is 0.496 e. The standard InChI is InChI=1S/C32H37N3O7S.C32H34N2O9S.C30H33N3O6S/c1-4-11-33-28(37)20-16-32(17-20)27(36)25-19(2)26(29-34-12-15-41-29)43-30(25)35(31(32)38)18-24(42-21-9-13-40-14-10-21)22-7-5-6-8-23(22)39-3;1-18(35)17-42-30(37)20-14-32(15-20)27(36)25-19(2)26(28-33-10-13-41-28)44-29(25)34(31(32)38)16-24(43-21-8-11-40-12-9-21)22-6-4-5-7-23(22)39-3;1-17-23-25(34)30(14-18(15-30)26(31)35)29(36)33(28(23)40-24(17)27-32-12-13-38-27)16-22(39-19-8-4-3-5-9-19)20-10-6-7-11-21(20)37-2/h5-8,12,15,20-21,24H,4,9-11,13-14,16-18H2,1-3H3,(H,33,37);4-7,10,13,20-21,24H,8-9,11-12,14-17H2,1-3H3;6-7,10-13,18-19,22H,3-5,8-9,14-16H2,1-2H3,(H2,31,35)/t2*20?,24-,32?;18?,22-,30?/m000/s1. The van der Waals surface area contributed by atoms with Crippen molar-refractivity contribution in [3.8, 4) is 49.6 Å². The number of benzene rings is 3. The average molecular weight is 1790 g/mol. The summed E-state index contributed by atoms with van der Waals surface area (Å²) in [7, 11) is 4.83. The zero-order valence-corrected chi connectivity index (χ0v) is 74.7. The minimum atomic E-state index is -1.43. The van der Waals surface area contributed by atoms with E-state index < -0.39 is 64.2 Å². The van der Waals surface area contributed by atoms with Gasteiger partial charge in [-0.25, -0.2) is 15.0 Å². The van der Waals surface area contributed by atoms with Gasteiger partial charge in [-0.2, -0.15) is 0 Å². The number of Topliss-reactive ketones (excluding diaryl/α,β-unsaturated/α-hetero) is 4. The number of anilines is 3. The lowest BCUT2D eigenvalue weighted by atomic mass is 9.56. The quantitative estimate of drug-likeness (QED) is 0.0340. The van der Waals surface area contributed by atoms with Gasteiger partial charge in [-0.3, -0.25) is 62.6 Å². The number of hydrogen-bond acceptors (Lipinski definition) is 28. The molecule has 0 unspecified atom stereocenters. The van der Waals surface area contributed by atoms with Crippen molar-refractivity contribution in [1.82, 2.24) is 20.3 Å². The number of nitrogens with one attached hydrogen (secondary N) is 1. The smallest absolute Gasteiger partial charge is 0.309 e. The molecule has 3 N–H and O–H groups in total. The number of methoxy groups -OCH3 is 3. The normalized spacial score (nSPS) is 22.9. The number of rotatable bonds is 28. The summed E-state index contributed by atoms with van der Waals surface area (Å²) in [6.45, 7) is 12.0. The first kappa shape index (κ1) is 89.5. The van der Waals surface area contributed by atoms with Crippen LogP contribution in [0.4, 0.5) is 15.0 Å². The molecule has 6 fully saturated rings. The van der Waals surface area contributed by atoms with Crippen LogP contribution in [0.1, 0.15) is 199 Å². The number of thiophene rings is 3. The molecule has 127 heavy (non-hydrogen) atoms. The molecule has 4 aliphatic carbocycles. The summed E-state index contributed by atoms with van der Waals surface area (Å²) in [5.74, 6) is -1.71. The molecule has 0 radical (unpaired) electrons. The van der Waals surface area contributed by atoms with Crippen LogP contribution in [0.15, 0.2) is 123 Å². The second-order valence-corrected chi connectivity index (χ2v) is 37.0. The molecule has 11 heterocycles. The van der Waals surface area contributed by atoms with Crippen molar-refractivity contribution in [3.63, 3.8) is 0 Å². The van der Waals surface area contributed by atoms with E-state index in [1.165, 1.54) is 72.3 Å². The summed E-state index contributed by atoms with van der Waals surface area (Å²) in [5, 5.41) is 4.53. The first-order valence-electron chi connectivity index (χ1n) is 43.4. The zero-order valence-electron chi connectivity index (χ0n) is 72.2. The third kappa shape index (κ3) is 17.3. The summed E-state index contributed by atoms with van der Waals surface area (Å²) >= 11 is 3.92. The fourth-order valence-electron chi connectivity index (χ4n) is 19.2. The van der Waals surface area contributed by atoms with Crippen LogP contribution in [0.5, 0.6) is 17.2 Å². The maximum Gasteiger partial charge on any atom is 0.309 e. The first-order valence-corrected chi connectivity index (χ1v) is 45.8. The Kier molecular flexibility index (Phi) is 26.9. The number of fused-ring (bicyclic) bond motifs is 3. The van der Waals surface area contributed by atoms with Crippen LogP contribution in [-0.2, 0) is 62.0 Å². The van der Waals surface area contributed by atoms with Crippen molar-refractivity contribution in [2.75, 3.05) is 95.2 Å². The number of esters is 1. The molecule has 33 heteroatoms. The predicted molar refractivity (Wildman–Crippen MR) is 468 cm³/mol. The Morgan fingerprint density at radius 1 is 0.488 bits per heavy atom. The van der Waals surface area contributed by atoms with Gasteiger partial charge in [-0.05, 0) is 146 Å². The maximum atomic E-state index is 14.5. The zero-order chi connectivity index (χ0) is 89.2. The maximum absolute atomic E-state index is 14.5. The number of oxazole rings is 3. The number of nitrogens with zero attached hydrogens (tertiary/aromatic N) is 6. The fourth-order valence-corrected chi connectivity index (χ4v) is 22.9. The number of hydrogen-bond donors (Lipinski definition) is 2. The Morgan fingerprint density at radius 3 is 1.15 bits per heavy atom. The average Bonchev–Trinajstić information content (AvgIpc) is 1.64. The third-order valence-corrected chi connectivity index (χ3v) is 30.0. The van der Waals surface area contributed by atoms with Crippen molar-refractivity contribution in [1.29, 1.82) is 0 Å². The van der Waals surface area contributed by atoms with Gasteiger partial charge in [-0.15, -0.1) is 34.0 Å². The third-order valence-electron chi connectivity index (χ3n) is 26.1. The van der Waals surface area contributed by atoms with Gasteiger partial charge in [-0.1, -0.05) is 80.8 Å². The number of ether oxygens (including phenoxy) is 9. The highest BCUT2D eigenvalue weighted by Crippen LogP contribution is 2.61. The molecule has 2 saturated heterocycles. The highest BCUT2D eigenvalue weighted by molar-refractivity contribution is 7.21. The monoisotopic (exact) mass is 1790 g/mol. The van der Waals surface area contributed by atoms with E-state index in [0.717, 1.165) is 67.2 Å². The number of carbonyl (C=O) groups excluding carboxylic acids is 10. The lowest BCUT2D eigenvalue weighted by Crippen LogP contribution is -2.61. The van der Waals surface area contributed by atoms with Crippen molar-refractivity contribution in [3.05, 3.63) is 160 Å². The van der Waals surface area contributed by atoms with E-state index in [1.54, 1.807) is 48.4 Å². The van der Waals surface area contributed by atoms with E-state index in [0.29, 0.717) is 138 Å². The SMILES string of the molecule is CCCNC(=O)C1CC2(C1)C(=O)c1c(sc(-c3ncco3)c1C)N(C[C@H](OC1CCOCC1)c1ccccc1OC)C2=O.COc1ccccc1[C@H](CN1C(=O)C2(CC(C(=O)OCC(C)=O)C2)C(=O)c2c1sc(-c1ncco1)c2C)OC1CCOCC1.COc1ccccc1[C@H](CN1C(=O)C2(CC(C(N)=O)C2)C(=O)c2c1sc(-c1ncco1)c2C)OC1CCCCC1. The Bertz CT molecular complexity index is 5560. The van der Waals surface area contributed by atoms with Gasteiger partial charge in [0.1, 0.15) is 92.2 Å². The molecular weight excluding hydrogens is 1690 g/mol. The minimum absolute atomic E-state index is 0.00110. The second-order valence-electron chi connectivity index (χ2n) is 34.0. The van der Waals surface area contributed by atoms with Gasteiger partial charge < -0.3 is 66.9 Å². The summed E-state index contributed by atoms with van der Waals surface area (Å²) in [6, 6.07) is 22.9. The Labute approximate surface area is 746 Å². The van der Waals surface area contributed by atoms with Crippen LogP contribution in [0.2, 0.25) is 0 Å². The van der Waals surface area contributed by atoms with E-state index in [4.69, 9.17) is 61.6 Å². The fraction of sp³-hybridized carbons (Fsp3) is 0.479. The Morgan fingerprint density at radius 2 is 0.827 bits per heavy atom. The molecule has 18 rings (SSSR count). The van der Waals surface area contributed by atoms with Gasteiger partial charge >= 0.3 is 5.97 Å². The molecule has 4 saturated carbocycles. The molecule has 0 bridgehead atoms. The summed E-state index contributed by atoms with van der Waals surface area (Å²) in [6.07, 6.45) is 17.0. The lowest BCUT2D eigenvalue weighted by Gasteiger charge is -2.49. The summed E-state index contributed by atoms with van der Waals surface area (Å²) in [5.41, 5.74) is 7.47. The van der Waals surface area contributed by atoms with Crippen LogP contribution >= 0.6 is 34.0 Å². The van der Waals surface area contributed by atoms with E-state index in [1.807, 2.05) is 100 Å². The van der Waals surface area contributed by atoms with E-state index in [2.05, 4.69) is 20.3 Å². The Balaban J connectivity index is 0.000000140. The van der Waals surface area contributed by atoms with Crippen LogP contribution in [0.25, 0.3) is 32.3 Å². The van der Waals surface area contributed by atoms with Crippen LogP contribution in [0.3, 0.4) is 0 Å². The second kappa shape index (κ2) is 38.2. The predicted octanol–water partition coefficient (Wildman–Crippen LogP) is 15.0. The van der Waals surface area contributed by atoms with Crippen LogP contribution in [0, 0.1) is 54.8 Å². The number of para-hydroxylation sites is 3. The van der Waals surface area contributed by atoms with Gasteiger partial charge in [0, 0.05) is 61.5 Å². The molecule has 3 atom stereocenters. The highest BCUT2D eigenvalue weighted by atomic mass is 32.1. The van der Waals surface area contributed by atoms with Gasteiger partial charge in [0.15, 0.2) is 23.1 Å². The molecule has 5 amide bonds. The number of ketones is 4. The van der Waals surface area contributed by atoms with Crippen LogP contribution < -0.4 is 40.0 Å².